The summed E-state index contributed by atoms with van der Waals surface area (Å²) in [5, 5.41) is 17.4. The van der Waals surface area contributed by atoms with Gasteiger partial charge in [0.25, 0.3) is 5.69 Å². The van der Waals surface area contributed by atoms with Gasteiger partial charge in [-0.05, 0) is 42.3 Å². The molecule has 0 saturated carbocycles. The highest BCUT2D eigenvalue weighted by atomic mass is 32.1. The van der Waals surface area contributed by atoms with Crippen LogP contribution in [-0.4, -0.2) is 10.0 Å². The van der Waals surface area contributed by atoms with Gasteiger partial charge in [-0.2, -0.15) is 0 Å². The molecule has 2 aromatic carbocycles. The molecule has 0 saturated heterocycles. The summed E-state index contributed by atoms with van der Waals surface area (Å²) in [7, 11) is 0. The average Bonchev–Trinajstić information content (AvgIpc) is 2.55. The second-order valence-electron chi connectivity index (χ2n) is 5.95. The molecule has 0 fully saturated rings. The Hall–Kier alpha value is -2.47. The molecule has 5 nitrogen and oxygen atoms in total. The summed E-state index contributed by atoms with van der Waals surface area (Å²) in [5.41, 5.74) is 3.04. The zero-order chi connectivity index (χ0) is 17.7. The van der Waals surface area contributed by atoms with Gasteiger partial charge < -0.3 is 10.6 Å². The van der Waals surface area contributed by atoms with Crippen molar-refractivity contribution < 1.29 is 4.92 Å². The van der Waals surface area contributed by atoms with Crippen molar-refractivity contribution in [2.24, 2.45) is 0 Å². The predicted molar refractivity (Wildman–Crippen MR) is 101 cm³/mol. The van der Waals surface area contributed by atoms with E-state index in [1.54, 1.807) is 12.1 Å². The summed E-state index contributed by atoms with van der Waals surface area (Å²) < 4.78 is 0. The molecule has 0 aromatic heterocycles. The van der Waals surface area contributed by atoms with Crippen LogP contribution in [0.3, 0.4) is 0 Å². The number of anilines is 1. The number of benzene rings is 2. The first-order valence-electron chi connectivity index (χ1n) is 7.78. The number of nitrogens with zero attached hydrogens (tertiary/aromatic N) is 1. The Bertz CT molecular complexity index is 729. The molecule has 0 aliphatic heterocycles. The molecule has 0 radical (unpaired) electrons. The fourth-order valence-corrected chi connectivity index (χ4v) is 2.61. The number of nitrogens with one attached hydrogen (secondary N) is 2. The minimum absolute atomic E-state index is 0.0279. The van der Waals surface area contributed by atoms with Gasteiger partial charge in [-0.25, -0.2) is 0 Å². The summed E-state index contributed by atoms with van der Waals surface area (Å²) in [6, 6.07) is 14.7. The Morgan fingerprint density at radius 2 is 1.71 bits per heavy atom. The molecule has 0 bridgehead atoms. The van der Waals surface area contributed by atoms with Crippen molar-refractivity contribution in [2.45, 2.75) is 32.7 Å². The molecular formula is C18H21N3O2S. The highest BCUT2D eigenvalue weighted by Gasteiger charge is 2.10. The summed E-state index contributed by atoms with van der Waals surface area (Å²) >= 11 is 5.30. The zero-order valence-electron chi connectivity index (χ0n) is 13.9. The van der Waals surface area contributed by atoms with Crippen LogP contribution in [0.25, 0.3) is 0 Å². The monoisotopic (exact) mass is 343 g/mol. The molecule has 0 spiro atoms. The Balaban J connectivity index is 1.98. The molecule has 6 heteroatoms. The van der Waals surface area contributed by atoms with Gasteiger partial charge in [0.05, 0.1) is 11.0 Å². The van der Waals surface area contributed by atoms with Crippen LogP contribution in [0.5, 0.6) is 0 Å². The van der Waals surface area contributed by atoms with Gasteiger partial charge in [0.1, 0.15) is 0 Å². The predicted octanol–water partition coefficient (Wildman–Crippen LogP) is 4.77. The maximum atomic E-state index is 10.8. The van der Waals surface area contributed by atoms with E-state index in [4.69, 9.17) is 12.2 Å². The number of hydrogen-bond donors (Lipinski definition) is 2. The van der Waals surface area contributed by atoms with E-state index in [0.717, 1.165) is 5.56 Å². The van der Waals surface area contributed by atoms with E-state index in [0.29, 0.717) is 16.7 Å². The highest BCUT2D eigenvalue weighted by molar-refractivity contribution is 7.80. The van der Waals surface area contributed by atoms with Gasteiger partial charge in [-0.3, -0.25) is 10.1 Å². The molecule has 126 valence electrons. The van der Waals surface area contributed by atoms with Crippen molar-refractivity contribution >= 4 is 28.7 Å². The minimum Gasteiger partial charge on any atom is -0.356 e. The van der Waals surface area contributed by atoms with E-state index < -0.39 is 4.92 Å². The number of nitro benzene ring substituents is 1. The molecule has 0 amide bonds. The van der Waals surface area contributed by atoms with Gasteiger partial charge in [0.15, 0.2) is 5.11 Å². The highest BCUT2D eigenvalue weighted by Crippen LogP contribution is 2.20. The van der Waals surface area contributed by atoms with Crippen molar-refractivity contribution in [1.29, 1.82) is 0 Å². The normalized spacial score (nSPS) is 11.8. The zero-order valence-corrected chi connectivity index (χ0v) is 14.8. The lowest BCUT2D eigenvalue weighted by molar-refractivity contribution is -0.384. The van der Waals surface area contributed by atoms with E-state index in [9.17, 15) is 10.1 Å². The molecule has 0 aliphatic carbocycles. The minimum atomic E-state index is -0.430. The second-order valence-corrected chi connectivity index (χ2v) is 6.36. The van der Waals surface area contributed by atoms with Crippen LogP contribution in [0.2, 0.25) is 0 Å². The van der Waals surface area contributed by atoms with E-state index in [2.05, 4.69) is 48.7 Å². The van der Waals surface area contributed by atoms with Gasteiger partial charge in [-0.1, -0.05) is 44.2 Å². The van der Waals surface area contributed by atoms with Crippen LogP contribution in [0.4, 0.5) is 11.4 Å². The summed E-state index contributed by atoms with van der Waals surface area (Å²) in [4.78, 5) is 10.4. The van der Waals surface area contributed by atoms with Crippen molar-refractivity contribution in [3.05, 3.63) is 69.8 Å². The van der Waals surface area contributed by atoms with Crippen molar-refractivity contribution in [3.8, 4) is 0 Å². The van der Waals surface area contributed by atoms with Crippen LogP contribution in [0.1, 0.15) is 43.9 Å². The molecule has 24 heavy (non-hydrogen) atoms. The molecule has 2 N–H and O–H groups in total. The Morgan fingerprint density at radius 1 is 1.08 bits per heavy atom. The molecule has 0 heterocycles. The molecule has 1 atom stereocenters. The third kappa shape index (κ3) is 4.76. The number of thiocarbonyl (C=S) groups is 1. The van der Waals surface area contributed by atoms with E-state index in [-0.39, 0.29) is 11.7 Å². The Labute approximate surface area is 147 Å². The fraction of sp³-hybridized carbons (Fsp3) is 0.278. The largest absolute Gasteiger partial charge is 0.356 e. The molecule has 2 rings (SSSR count). The lowest BCUT2D eigenvalue weighted by Crippen LogP contribution is -2.30. The lowest BCUT2D eigenvalue weighted by atomic mass is 10.00. The van der Waals surface area contributed by atoms with E-state index >= 15 is 0 Å². The topological polar surface area (TPSA) is 67.2 Å². The summed E-state index contributed by atoms with van der Waals surface area (Å²) in [6.07, 6.45) is 0. The van der Waals surface area contributed by atoms with Crippen molar-refractivity contribution in [1.82, 2.24) is 5.32 Å². The summed E-state index contributed by atoms with van der Waals surface area (Å²) in [5.74, 6) is 0.499. The number of hydrogen-bond acceptors (Lipinski definition) is 3. The molecular weight excluding hydrogens is 322 g/mol. The smallest absolute Gasteiger partial charge is 0.271 e. The Kier molecular flexibility index (Phi) is 5.87. The average molecular weight is 343 g/mol. The van der Waals surface area contributed by atoms with Crippen molar-refractivity contribution in [3.63, 3.8) is 0 Å². The van der Waals surface area contributed by atoms with Crippen LogP contribution in [-0.2, 0) is 0 Å². The van der Waals surface area contributed by atoms with Crippen LogP contribution in [0, 0.1) is 10.1 Å². The Morgan fingerprint density at radius 3 is 2.29 bits per heavy atom. The first-order valence-corrected chi connectivity index (χ1v) is 8.19. The first kappa shape index (κ1) is 17.9. The van der Waals surface area contributed by atoms with Gasteiger partial charge in [0.2, 0.25) is 0 Å². The van der Waals surface area contributed by atoms with Crippen LogP contribution in [0.15, 0.2) is 48.5 Å². The summed E-state index contributed by atoms with van der Waals surface area (Å²) in [6.45, 7) is 6.34. The SMILES string of the molecule is CC(C)c1ccc(C(C)NC(=S)Nc2cccc([N+](=O)[O-])c2)cc1. The van der Waals surface area contributed by atoms with Gasteiger partial charge >= 0.3 is 0 Å². The standard InChI is InChI=1S/C18H21N3O2S/c1-12(2)14-7-9-15(10-8-14)13(3)19-18(24)20-16-5-4-6-17(11-16)21(22)23/h4-13H,1-3H3,(H2,19,20,24). The van der Waals surface area contributed by atoms with Gasteiger partial charge in [-0.15, -0.1) is 0 Å². The van der Waals surface area contributed by atoms with E-state index in [1.807, 2.05) is 6.92 Å². The maximum Gasteiger partial charge on any atom is 0.271 e. The lowest BCUT2D eigenvalue weighted by Gasteiger charge is -2.18. The second kappa shape index (κ2) is 7.88. The third-order valence-electron chi connectivity index (χ3n) is 3.77. The van der Waals surface area contributed by atoms with Crippen LogP contribution >= 0.6 is 12.2 Å². The molecule has 2 aromatic rings. The quantitative estimate of drug-likeness (QED) is 0.465. The number of non-ortho nitro benzene ring substituents is 1. The number of nitro groups is 1. The van der Waals surface area contributed by atoms with Crippen molar-refractivity contribution in [2.75, 3.05) is 5.32 Å². The molecule has 0 aliphatic rings. The fourth-order valence-electron chi connectivity index (χ4n) is 2.31. The maximum absolute atomic E-state index is 10.8. The number of rotatable bonds is 5. The van der Waals surface area contributed by atoms with Crippen LogP contribution < -0.4 is 10.6 Å². The third-order valence-corrected chi connectivity index (χ3v) is 3.99. The first-order chi connectivity index (χ1) is 11.4. The van der Waals surface area contributed by atoms with E-state index in [1.165, 1.54) is 17.7 Å². The van der Waals surface area contributed by atoms with Gasteiger partial charge in [0, 0.05) is 17.8 Å². The molecule has 1 unspecified atom stereocenters.